The van der Waals surface area contributed by atoms with Crippen LogP contribution in [0.15, 0.2) is 0 Å². The van der Waals surface area contributed by atoms with E-state index in [-0.39, 0.29) is 42.0 Å². The van der Waals surface area contributed by atoms with Gasteiger partial charge in [0.2, 0.25) is 0 Å². The maximum absolute atomic E-state index is 10.2. The van der Waals surface area contributed by atoms with E-state index in [4.69, 9.17) is 0 Å². The van der Waals surface area contributed by atoms with Crippen molar-refractivity contribution >= 4 is 21.9 Å². The van der Waals surface area contributed by atoms with E-state index in [1.807, 2.05) is 6.92 Å². The molecule has 0 spiro atoms. The van der Waals surface area contributed by atoms with Gasteiger partial charge in [0.25, 0.3) is 0 Å². The first-order valence-corrected chi connectivity index (χ1v) is 3.39. The molecule has 0 saturated heterocycles. The van der Waals surface area contributed by atoms with Gasteiger partial charge in [-0.15, -0.1) is 0 Å². The van der Waals surface area contributed by atoms with Crippen LogP contribution in [0.1, 0.15) is 21.7 Å². The van der Waals surface area contributed by atoms with E-state index in [2.05, 4.69) is 20.7 Å². The number of halogens is 1. The molecule has 0 rings (SSSR count). The van der Waals surface area contributed by atoms with Crippen LogP contribution in [0.2, 0.25) is 0 Å². The number of rotatable bonds is 2. The number of alkyl halides is 1. The molecule has 0 aliphatic carbocycles. The SMILES string of the molecule is CCC(Br)OC(C)=O.[H-].[Na+]. The van der Waals surface area contributed by atoms with Crippen molar-refractivity contribution in [3.05, 3.63) is 0 Å². The fourth-order valence-electron chi connectivity index (χ4n) is 0.263. The first-order valence-electron chi connectivity index (χ1n) is 2.48. The second-order valence-corrected chi connectivity index (χ2v) is 2.45. The summed E-state index contributed by atoms with van der Waals surface area (Å²) >= 11 is 3.13. The van der Waals surface area contributed by atoms with Crippen LogP contribution in [-0.4, -0.2) is 11.0 Å². The Balaban J connectivity index is -0.000000245. The van der Waals surface area contributed by atoms with E-state index >= 15 is 0 Å². The Kier molecular flexibility index (Phi) is 9.89. The van der Waals surface area contributed by atoms with E-state index in [9.17, 15) is 4.79 Å². The van der Waals surface area contributed by atoms with E-state index in [0.29, 0.717) is 0 Å². The summed E-state index contributed by atoms with van der Waals surface area (Å²) in [4.78, 5) is 10.2. The van der Waals surface area contributed by atoms with Gasteiger partial charge in [-0.1, -0.05) is 6.92 Å². The Hall–Kier alpha value is 0.950. The summed E-state index contributed by atoms with van der Waals surface area (Å²) in [5, 5.41) is -0.111. The van der Waals surface area contributed by atoms with Gasteiger partial charge >= 0.3 is 35.5 Å². The zero-order valence-electron chi connectivity index (χ0n) is 6.98. The number of carbonyl (C=O) groups is 1. The van der Waals surface area contributed by atoms with E-state index in [0.717, 1.165) is 6.42 Å². The van der Waals surface area contributed by atoms with Gasteiger partial charge in [0.15, 0.2) is 5.01 Å². The molecule has 50 valence electrons. The molecule has 0 amide bonds. The Morgan fingerprint density at radius 2 is 2.33 bits per heavy atom. The third-order valence-corrected chi connectivity index (χ3v) is 1.45. The van der Waals surface area contributed by atoms with Crippen molar-refractivity contribution in [1.82, 2.24) is 0 Å². The molecule has 2 nitrogen and oxygen atoms in total. The maximum Gasteiger partial charge on any atom is 1.00 e. The van der Waals surface area contributed by atoms with Crippen molar-refractivity contribution in [2.45, 2.75) is 25.3 Å². The molecule has 4 heteroatoms. The quantitative estimate of drug-likeness (QED) is 0.321. The average Bonchev–Trinajstić information content (AvgIpc) is 1.65. The monoisotopic (exact) mass is 204 g/mol. The van der Waals surface area contributed by atoms with Crippen LogP contribution in [0.5, 0.6) is 0 Å². The molecule has 0 aromatic rings. The van der Waals surface area contributed by atoms with Crippen molar-refractivity contribution in [3.63, 3.8) is 0 Å². The van der Waals surface area contributed by atoms with Crippen molar-refractivity contribution in [2.24, 2.45) is 0 Å². The van der Waals surface area contributed by atoms with Crippen molar-refractivity contribution < 1.29 is 40.5 Å². The summed E-state index contributed by atoms with van der Waals surface area (Å²) in [6.45, 7) is 3.33. The van der Waals surface area contributed by atoms with Gasteiger partial charge in [-0.25, -0.2) is 0 Å². The molecule has 0 aromatic carbocycles. The normalized spacial score (nSPS) is 11.4. The first-order chi connectivity index (χ1) is 3.66. The summed E-state index contributed by atoms with van der Waals surface area (Å²) in [5.41, 5.74) is 0. The number of esters is 1. The van der Waals surface area contributed by atoms with Crippen molar-refractivity contribution in [1.29, 1.82) is 0 Å². The second kappa shape index (κ2) is 7.06. The number of ether oxygens (including phenoxy) is 1. The van der Waals surface area contributed by atoms with Crippen LogP contribution in [-0.2, 0) is 9.53 Å². The Morgan fingerprint density at radius 1 is 1.89 bits per heavy atom. The van der Waals surface area contributed by atoms with Gasteiger partial charge in [-0.3, -0.25) is 4.79 Å². The number of carbonyl (C=O) groups excluding carboxylic acids is 1. The van der Waals surface area contributed by atoms with E-state index in [1.165, 1.54) is 6.92 Å². The summed E-state index contributed by atoms with van der Waals surface area (Å²) in [6.07, 6.45) is 0.805. The molecule has 1 unspecified atom stereocenters. The van der Waals surface area contributed by atoms with E-state index in [1.54, 1.807) is 0 Å². The van der Waals surface area contributed by atoms with Crippen LogP contribution in [0.25, 0.3) is 0 Å². The molecule has 0 fully saturated rings. The molecule has 0 aliphatic rings. The summed E-state index contributed by atoms with van der Waals surface area (Å²) in [6, 6.07) is 0. The minimum Gasteiger partial charge on any atom is -1.00 e. The summed E-state index contributed by atoms with van der Waals surface area (Å²) < 4.78 is 4.68. The minimum atomic E-state index is -0.242. The number of hydrogen-bond donors (Lipinski definition) is 0. The predicted molar refractivity (Wildman–Crippen MR) is 35.9 cm³/mol. The van der Waals surface area contributed by atoms with Crippen LogP contribution < -0.4 is 29.6 Å². The first kappa shape index (κ1) is 12.6. The van der Waals surface area contributed by atoms with Crippen molar-refractivity contribution in [3.8, 4) is 0 Å². The molecule has 0 aliphatic heterocycles. The summed E-state index contributed by atoms with van der Waals surface area (Å²) in [5.74, 6) is -0.242. The smallest absolute Gasteiger partial charge is 1.00 e. The molecule has 1 atom stereocenters. The van der Waals surface area contributed by atoms with Gasteiger partial charge in [-0.2, -0.15) is 0 Å². The standard InChI is InChI=1S/C5H9BrO2.Na.H/c1-3-5(6)8-4(2)7;;/h5H,3H2,1-2H3;;/q;+1;-1. The molecule has 0 N–H and O–H groups in total. The Labute approximate surface area is 87.2 Å². The van der Waals surface area contributed by atoms with E-state index < -0.39 is 0 Å². The van der Waals surface area contributed by atoms with Gasteiger partial charge in [-0.05, 0) is 22.4 Å². The van der Waals surface area contributed by atoms with Crippen LogP contribution in [0, 0.1) is 0 Å². The van der Waals surface area contributed by atoms with Gasteiger partial charge in [0.1, 0.15) is 0 Å². The number of hydrogen-bond acceptors (Lipinski definition) is 2. The third-order valence-electron chi connectivity index (χ3n) is 0.615. The van der Waals surface area contributed by atoms with Crippen LogP contribution in [0.3, 0.4) is 0 Å². The molecule has 0 heterocycles. The minimum absolute atomic E-state index is 0. The molecular weight excluding hydrogens is 195 g/mol. The zero-order valence-corrected chi connectivity index (χ0v) is 9.56. The van der Waals surface area contributed by atoms with Gasteiger partial charge in [0, 0.05) is 6.92 Å². The summed E-state index contributed by atoms with van der Waals surface area (Å²) in [7, 11) is 0. The second-order valence-electron chi connectivity index (χ2n) is 1.43. The van der Waals surface area contributed by atoms with Gasteiger partial charge in [0.05, 0.1) is 0 Å². The molecule has 0 saturated carbocycles. The Morgan fingerprint density at radius 3 is 2.44 bits per heavy atom. The van der Waals surface area contributed by atoms with Crippen LogP contribution in [0.4, 0.5) is 0 Å². The van der Waals surface area contributed by atoms with Gasteiger partial charge < -0.3 is 6.16 Å². The largest absolute Gasteiger partial charge is 1.00 e. The predicted octanol–water partition coefficient (Wildman–Crippen LogP) is -1.20. The maximum atomic E-state index is 10.2. The van der Waals surface area contributed by atoms with Crippen molar-refractivity contribution in [2.75, 3.05) is 0 Å². The average molecular weight is 205 g/mol. The fourth-order valence-corrected chi connectivity index (χ4v) is 0.527. The fraction of sp³-hybridized carbons (Fsp3) is 0.800. The molecule has 9 heavy (non-hydrogen) atoms. The van der Waals surface area contributed by atoms with Crippen LogP contribution >= 0.6 is 15.9 Å². The molecular formula is C5H10BrNaO2. The topological polar surface area (TPSA) is 26.3 Å². The Bertz CT molecular complexity index is 91.7. The molecule has 0 aromatic heterocycles. The molecule has 0 bridgehead atoms. The zero-order chi connectivity index (χ0) is 6.57. The molecule has 0 radical (unpaired) electrons. The third kappa shape index (κ3) is 8.95.